The second-order valence-electron chi connectivity index (χ2n) is 10.1. The minimum absolute atomic E-state index is 0.0779. The minimum Gasteiger partial charge on any atom is -0.324 e. The Labute approximate surface area is 204 Å². The molecule has 0 radical (unpaired) electrons. The molecule has 0 aromatic heterocycles. The van der Waals surface area contributed by atoms with Crippen LogP contribution in [0, 0.1) is 11.8 Å². The fourth-order valence-corrected chi connectivity index (χ4v) is 6.89. The van der Waals surface area contributed by atoms with E-state index >= 15 is 0 Å². The zero-order valence-corrected chi connectivity index (χ0v) is 19.7. The van der Waals surface area contributed by atoms with E-state index < -0.39 is 17.4 Å². The Bertz CT molecular complexity index is 1160. The third-order valence-electron chi connectivity index (χ3n) is 8.20. The quantitative estimate of drug-likeness (QED) is 0.517. The zero-order valence-electron chi connectivity index (χ0n) is 18.9. The van der Waals surface area contributed by atoms with Crippen molar-refractivity contribution >= 4 is 35.0 Å². The number of carbonyl (C=O) groups excluding carboxylic acids is 3. The van der Waals surface area contributed by atoms with Gasteiger partial charge in [0.15, 0.2) is 0 Å². The van der Waals surface area contributed by atoms with Crippen LogP contribution in [-0.4, -0.2) is 34.7 Å². The van der Waals surface area contributed by atoms with Crippen molar-refractivity contribution in [2.24, 2.45) is 11.8 Å². The molecule has 3 amide bonds. The predicted molar refractivity (Wildman–Crippen MR) is 129 cm³/mol. The highest BCUT2D eigenvalue weighted by atomic mass is 35.5. The highest BCUT2D eigenvalue weighted by molar-refractivity contribution is 6.31. The summed E-state index contributed by atoms with van der Waals surface area (Å²) >= 11 is 6.35. The average molecular weight is 478 g/mol. The summed E-state index contributed by atoms with van der Waals surface area (Å²) < 4.78 is 0. The first-order valence-electron chi connectivity index (χ1n) is 12.3. The number of nitrogens with one attached hydrogen (secondary N) is 2. The van der Waals surface area contributed by atoms with Gasteiger partial charge in [-0.15, -0.1) is 0 Å². The number of halogens is 1. The van der Waals surface area contributed by atoms with Crippen molar-refractivity contribution in [3.8, 4) is 0 Å². The molecular weight excluding hydrogens is 450 g/mol. The largest absolute Gasteiger partial charge is 0.324 e. The van der Waals surface area contributed by atoms with Crippen LogP contribution in [0.5, 0.6) is 0 Å². The molecule has 6 rings (SSSR count). The third-order valence-corrected chi connectivity index (χ3v) is 8.43. The number of benzene rings is 2. The summed E-state index contributed by atoms with van der Waals surface area (Å²) in [6.07, 6.45) is 6.56. The molecule has 6 nitrogen and oxygen atoms in total. The lowest BCUT2D eigenvalue weighted by Gasteiger charge is -2.32. The molecule has 1 spiro atoms. The van der Waals surface area contributed by atoms with Crippen molar-refractivity contribution in [1.29, 1.82) is 0 Å². The van der Waals surface area contributed by atoms with Crippen LogP contribution in [0.2, 0.25) is 5.02 Å². The van der Waals surface area contributed by atoms with E-state index in [2.05, 4.69) is 10.6 Å². The number of carbonyl (C=O) groups is 3. The molecule has 1 aliphatic carbocycles. The summed E-state index contributed by atoms with van der Waals surface area (Å²) in [6.45, 7) is 0. The molecule has 4 atom stereocenters. The average Bonchev–Trinajstić information content (AvgIpc) is 3.28. The molecular formula is C27H28ClN3O3. The van der Waals surface area contributed by atoms with Crippen LogP contribution in [0.25, 0.3) is 0 Å². The van der Waals surface area contributed by atoms with E-state index in [0.29, 0.717) is 22.7 Å². The number of anilines is 1. The Kier molecular flexibility index (Phi) is 5.26. The first-order chi connectivity index (χ1) is 16.5. The second-order valence-corrected chi connectivity index (χ2v) is 10.5. The van der Waals surface area contributed by atoms with Gasteiger partial charge in [-0.25, -0.2) is 0 Å². The van der Waals surface area contributed by atoms with Crippen molar-refractivity contribution in [1.82, 2.24) is 10.2 Å². The van der Waals surface area contributed by atoms with Crippen LogP contribution >= 0.6 is 11.6 Å². The second kappa shape index (κ2) is 8.21. The highest BCUT2D eigenvalue weighted by Crippen LogP contribution is 2.54. The molecule has 3 heterocycles. The third kappa shape index (κ3) is 3.15. The summed E-state index contributed by atoms with van der Waals surface area (Å²) in [5.74, 6) is -1.99. The first kappa shape index (κ1) is 21.8. The number of rotatable bonds is 3. The molecule has 7 heteroatoms. The van der Waals surface area contributed by atoms with Crippen molar-refractivity contribution < 1.29 is 14.4 Å². The van der Waals surface area contributed by atoms with E-state index in [-0.39, 0.29) is 29.8 Å². The van der Waals surface area contributed by atoms with Crippen molar-refractivity contribution in [2.75, 3.05) is 5.32 Å². The fourth-order valence-electron chi connectivity index (χ4n) is 6.72. The van der Waals surface area contributed by atoms with Crippen LogP contribution in [0.4, 0.5) is 5.69 Å². The van der Waals surface area contributed by atoms with Gasteiger partial charge >= 0.3 is 0 Å². The normalized spacial score (nSPS) is 31.0. The molecule has 3 fully saturated rings. The smallest absolute Gasteiger partial charge is 0.250 e. The maximum Gasteiger partial charge on any atom is 0.250 e. The minimum atomic E-state index is -1.30. The number of hydrogen-bond donors (Lipinski definition) is 2. The van der Waals surface area contributed by atoms with E-state index in [9.17, 15) is 14.4 Å². The predicted octanol–water partition coefficient (Wildman–Crippen LogP) is 4.03. The Morgan fingerprint density at radius 2 is 1.68 bits per heavy atom. The lowest BCUT2D eigenvalue weighted by atomic mass is 9.76. The Morgan fingerprint density at radius 1 is 0.941 bits per heavy atom. The van der Waals surface area contributed by atoms with Gasteiger partial charge in [-0.05, 0) is 43.0 Å². The van der Waals surface area contributed by atoms with Crippen molar-refractivity contribution in [3.63, 3.8) is 0 Å². The van der Waals surface area contributed by atoms with E-state index in [1.807, 2.05) is 30.3 Å². The number of hydrogen-bond acceptors (Lipinski definition) is 4. The molecule has 0 bridgehead atoms. The van der Waals surface area contributed by atoms with Gasteiger partial charge in [0.1, 0.15) is 5.54 Å². The lowest BCUT2D eigenvalue weighted by Crippen LogP contribution is -2.54. The maximum atomic E-state index is 14.1. The van der Waals surface area contributed by atoms with E-state index in [0.717, 1.165) is 44.1 Å². The van der Waals surface area contributed by atoms with Crippen molar-refractivity contribution in [2.45, 2.75) is 62.6 Å². The van der Waals surface area contributed by atoms with Gasteiger partial charge in [-0.3, -0.25) is 24.6 Å². The molecule has 2 aromatic rings. The van der Waals surface area contributed by atoms with Gasteiger partial charge in [-0.1, -0.05) is 67.6 Å². The molecule has 2 N–H and O–H groups in total. The molecule has 4 aliphatic rings. The van der Waals surface area contributed by atoms with Gasteiger partial charge in [0.25, 0.3) is 0 Å². The van der Waals surface area contributed by atoms with Gasteiger partial charge in [0, 0.05) is 28.4 Å². The molecule has 34 heavy (non-hydrogen) atoms. The van der Waals surface area contributed by atoms with Gasteiger partial charge in [0.05, 0.1) is 11.8 Å². The van der Waals surface area contributed by atoms with Crippen LogP contribution in [0.3, 0.4) is 0 Å². The molecule has 1 saturated carbocycles. The number of amides is 3. The van der Waals surface area contributed by atoms with Gasteiger partial charge in [0.2, 0.25) is 17.7 Å². The van der Waals surface area contributed by atoms with Crippen LogP contribution < -0.4 is 10.6 Å². The van der Waals surface area contributed by atoms with E-state index in [4.69, 9.17) is 11.6 Å². The van der Waals surface area contributed by atoms with E-state index in [1.54, 1.807) is 18.2 Å². The van der Waals surface area contributed by atoms with E-state index in [1.165, 1.54) is 4.90 Å². The standard InChI is InChI=1S/C27H28ClN3O3/c28-17-12-13-20-19(15-17)27(26(34)29-20)23-22(21(30-27)14-16-8-4-3-5-9-16)24(32)31(25(23)33)18-10-6-1-2-7-11-18/h3-5,8-9,12-13,15,18,21-23,30H,1-2,6-7,10-11,14H2,(H,29,34)/t21-,22+,23+,27+/m0/s1. The van der Waals surface area contributed by atoms with Crippen LogP contribution in [-0.2, 0) is 26.3 Å². The molecule has 176 valence electrons. The number of nitrogens with zero attached hydrogens (tertiary/aromatic N) is 1. The zero-order chi connectivity index (χ0) is 23.4. The number of imide groups is 1. The summed E-state index contributed by atoms with van der Waals surface area (Å²) in [5, 5.41) is 6.96. The molecule has 2 aromatic carbocycles. The number of likely N-dealkylation sites (tertiary alicyclic amines) is 1. The Balaban J connectivity index is 1.46. The van der Waals surface area contributed by atoms with Crippen LogP contribution in [0.15, 0.2) is 48.5 Å². The summed E-state index contributed by atoms with van der Waals surface area (Å²) in [5.41, 5.74) is 1.08. The topological polar surface area (TPSA) is 78.5 Å². The SMILES string of the molecule is O=C1[C@@H]2[C@H](Cc3ccccc3)N[C@@]3(C(=O)Nc4ccc(Cl)cc43)[C@H]2C(=O)N1C1CCCCCC1. The summed E-state index contributed by atoms with van der Waals surface area (Å²) in [7, 11) is 0. The molecule has 3 aliphatic heterocycles. The first-order valence-corrected chi connectivity index (χ1v) is 12.7. The van der Waals surface area contributed by atoms with Gasteiger partial charge < -0.3 is 5.32 Å². The fraction of sp³-hybridized carbons (Fsp3) is 0.444. The summed E-state index contributed by atoms with van der Waals surface area (Å²) in [4.78, 5) is 43.1. The molecule has 2 saturated heterocycles. The monoisotopic (exact) mass is 477 g/mol. The number of fused-ring (bicyclic) bond motifs is 4. The Hall–Kier alpha value is -2.70. The summed E-state index contributed by atoms with van der Waals surface area (Å²) in [6, 6.07) is 14.8. The lowest BCUT2D eigenvalue weighted by molar-refractivity contribution is -0.145. The molecule has 0 unspecified atom stereocenters. The Morgan fingerprint density at radius 3 is 2.41 bits per heavy atom. The van der Waals surface area contributed by atoms with Gasteiger partial charge in [-0.2, -0.15) is 0 Å². The highest BCUT2D eigenvalue weighted by Gasteiger charge is 2.70. The van der Waals surface area contributed by atoms with Crippen LogP contribution in [0.1, 0.15) is 49.7 Å². The maximum absolute atomic E-state index is 14.1. The van der Waals surface area contributed by atoms with Crippen molar-refractivity contribution in [3.05, 3.63) is 64.7 Å².